The molecule has 3 aromatic rings. The average molecular weight is 313 g/mol. The highest BCUT2D eigenvalue weighted by Gasteiger charge is 2.18. The number of methoxy groups -OCH3 is 1. The van der Waals surface area contributed by atoms with Crippen LogP contribution >= 0.6 is 0 Å². The van der Waals surface area contributed by atoms with Gasteiger partial charge in [0.15, 0.2) is 0 Å². The van der Waals surface area contributed by atoms with Gasteiger partial charge in [0.1, 0.15) is 28.6 Å². The number of halogens is 1. The molecular weight excluding hydrogens is 297 g/mol. The molecule has 0 unspecified atom stereocenters. The number of aliphatic hydroxyl groups is 1. The molecule has 0 saturated heterocycles. The SMILES string of the molecule is COc1ccc(C)cc1-n1nnc(CO)c1-c1ccc(F)cc1. The van der Waals surface area contributed by atoms with Crippen molar-refractivity contribution in [2.75, 3.05) is 7.11 Å². The number of hydrogen-bond donors (Lipinski definition) is 1. The van der Waals surface area contributed by atoms with E-state index in [1.165, 1.54) is 12.1 Å². The summed E-state index contributed by atoms with van der Waals surface area (Å²) >= 11 is 0. The summed E-state index contributed by atoms with van der Waals surface area (Å²) in [6.07, 6.45) is 0. The molecule has 2 aromatic carbocycles. The third-order valence-electron chi connectivity index (χ3n) is 3.57. The first-order valence-corrected chi connectivity index (χ1v) is 7.10. The lowest BCUT2D eigenvalue weighted by atomic mass is 10.1. The van der Waals surface area contributed by atoms with Gasteiger partial charge in [-0.05, 0) is 48.9 Å². The van der Waals surface area contributed by atoms with Gasteiger partial charge in [-0.15, -0.1) is 5.10 Å². The summed E-state index contributed by atoms with van der Waals surface area (Å²) in [5.74, 6) is 0.305. The van der Waals surface area contributed by atoms with E-state index in [4.69, 9.17) is 4.74 Å². The van der Waals surface area contributed by atoms with Crippen molar-refractivity contribution in [2.45, 2.75) is 13.5 Å². The molecule has 0 fully saturated rings. The van der Waals surface area contributed by atoms with Crippen LogP contribution < -0.4 is 4.74 Å². The number of aliphatic hydroxyl groups excluding tert-OH is 1. The van der Waals surface area contributed by atoms with Crippen LogP contribution in [0.3, 0.4) is 0 Å². The Hall–Kier alpha value is -2.73. The molecule has 0 aliphatic carbocycles. The summed E-state index contributed by atoms with van der Waals surface area (Å²) in [7, 11) is 1.58. The second kappa shape index (κ2) is 6.18. The van der Waals surface area contributed by atoms with Crippen LogP contribution in [0.4, 0.5) is 4.39 Å². The first-order chi connectivity index (χ1) is 11.1. The van der Waals surface area contributed by atoms with Gasteiger partial charge in [0.05, 0.1) is 13.7 Å². The van der Waals surface area contributed by atoms with Gasteiger partial charge in [-0.1, -0.05) is 11.3 Å². The van der Waals surface area contributed by atoms with Crippen LogP contribution in [0.5, 0.6) is 5.75 Å². The highest BCUT2D eigenvalue weighted by Crippen LogP contribution is 2.30. The fourth-order valence-corrected chi connectivity index (χ4v) is 2.45. The van der Waals surface area contributed by atoms with Gasteiger partial charge in [0.25, 0.3) is 0 Å². The van der Waals surface area contributed by atoms with E-state index in [1.807, 2.05) is 25.1 Å². The number of aromatic nitrogens is 3. The standard InChI is InChI=1S/C17H16FN3O2/c1-11-3-8-16(23-2)15(9-11)21-17(14(10-22)19-20-21)12-4-6-13(18)7-5-12/h3-9,22H,10H2,1-2H3. The summed E-state index contributed by atoms with van der Waals surface area (Å²) < 4.78 is 20.2. The number of ether oxygens (including phenoxy) is 1. The molecule has 0 aliphatic heterocycles. The monoisotopic (exact) mass is 313 g/mol. The summed E-state index contributed by atoms with van der Waals surface area (Å²) in [5.41, 5.74) is 3.48. The van der Waals surface area contributed by atoms with Gasteiger partial charge < -0.3 is 9.84 Å². The van der Waals surface area contributed by atoms with Crippen molar-refractivity contribution < 1.29 is 14.2 Å². The van der Waals surface area contributed by atoms with E-state index < -0.39 is 0 Å². The lowest BCUT2D eigenvalue weighted by Crippen LogP contribution is -2.03. The molecule has 1 aromatic heterocycles. The molecule has 0 amide bonds. The third-order valence-corrected chi connectivity index (χ3v) is 3.57. The van der Waals surface area contributed by atoms with Crippen molar-refractivity contribution in [2.24, 2.45) is 0 Å². The van der Waals surface area contributed by atoms with Gasteiger partial charge in [-0.2, -0.15) is 0 Å². The Kier molecular flexibility index (Phi) is 4.08. The average Bonchev–Trinajstić information content (AvgIpc) is 2.99. The number of nitrogens with zero attached hydrogens (tertiary/aromatic N) is 3. The topological polar surface area (TPSA) is 60.2 Å². The maximum Gasteiger partial charge on any atom is 0.144 e. The van der Waals surface area contributed by atoms with Gasteiger partial charge in [0.2, 0.25) is 0 Å². The second-order valence-corrected chi connectivity index (χ2v) is 5.14. The largest absolute Gasteiger partial charge is 0.494 e. The van der Waals surface area contributed by atoms with Crippen LogP contribution in [0, 0.1) is 12.7 Å². The zero-order valence-electron chi connectivity index (χ0n) is 12.8. The highest BCUT2D eigenvalue weighted by molar-refractivity contribution is 5.65. The lowest BCUT2D eigenvalue weighted by molar-refractivity contribution is 0.277. The molecule has 0 aliphatic rings. The molecule has 6 heteroatoms. The minimum atomic E-state index is -0.327. The number of benzene rings is 2. The van der Waals surface area contributed by atoms with Gasteiger partial charge in [0, 0.05) is 5.56 Å². The van der Waals surface area contributed by atoms with E-state index in [-0.39, 0.29) is 12.4 Å². The van der Waals surface area contributed by atoms with Crippen molar-refractivity contribution in [3.63, 3.8) is 0 Å². The third kappa shape index (κ3) is 2.80. The molecule has 0 bridgehead atoms. The molecule has 3 rings (SSSR count). The van der Waals surface area contributed by atoms with Crippen molar-refractivity contribution >= 4 is 0 Å². The fourth-order valence-electron chi connectivity index (χ4n) is 2.45. The summed E-state index contributed by atoms with van der Waals surface area (Å²) in [6.45, 7) is 1.70. The maximum absolute atomic E-state index is 13.2. The van der Waals surface area contributed by atoms with E-state index in [0.717, 1.165) is 5.56 Å². The van der Waals surface area contributed by atoms with E-state index in [1.54, 1.807) is 23.9 Å². The molecule has 0 saturated carbocycles. The molecule has 1 heterocycles. The maximum atomic E-state index is 13.2. The molecule has 0 atom stereocenters. The Morgan fingerprint density at radius 3 is 2.57 bits per heavy atom. The van der Waals surface area contributed by atoms with Crippen LogP contribution in [0.1, 0.15) is 11.3 Å². The van der Waals surface area contributed by atoms with E-state index in [9.17, 15) is 9.50 Å². The van der Waals surface area contributed by atoms with Crippen molar-refractivity contribution in [3.8, 4) is 22.7 Å². The molecule has 0 spiro atoms. The van der Waals surface area contributed by atoms with Gasteiger partial charge in [-0.25, -0.2) is 9.07 Å². The van der Waals surface area contributed by atoms with Gasteiger partial charge in [-0.3, -0.25) is 0 Å². The molecule has 0 radical (unpaired) electrons. The van der Waals surface area contributed by atoms with Crippen LogP contribution in [0.2, 0.25) is 0 Å². The van der Waals surface area contributed by atoms with Crippen LogP contribution in [0.15, 0.2) is 42.5 Å². The Balaban J connectivity index is 2.24. The molecule has 1 N–H and O–H groups in total. The first-order valence-electron chi connectivity index (χ1n) is 7.10. The number of hydrogen-bond acceptors (Lipinski definition) is 4. The predicted octanol–water partition coefficient (Wildman–Crippen LogP) is 2.88. The molecule has 118 valence electrons. The van der Waals surface area contributed by atoms with Crippen molar-refractivity contribution in [1.29, 1.82) is 0 Å². The van der Waals surface area contributed by atoms with Crippen LogP contribution in [0.25, 0.3) is 16.9 Å². The minimum Gasteiger partial charge on any atom is -0.494 e. The fraction of sp³-hybridized carbons (Fsp3) is 0.176. The van der Waals surface area contributed by atoms with Crippen molar-refractivity contribution in [3.05, 3.63) is 59.5 Å². The predicted molar refractivity (Wildman–Crippen MR) is 84.0 cm³/mol. The Bertz CT molecular complexity index is 828. The van der Waals surface area contributed by atoms with Crippen molar-refractivity contribution in [1.82, 2.24) is 15.0 Å². The Morgan fingerprint density at radius 1 is 1.17 bits per heavy atom. The highest BCUT2D eigenvalue weighted by atomic mass is 19.1. The van der Waals surface area contributed by atoms with Crippen LogP contribution in [-0.4, -0.2) is 27.2 Å². The van der Waals surface area contributed by atoms with Gasteiger partial charge >= 0.3 is 0 Å². The zero-order valence-corrected chi connectivity index (χ0v) is 12.8. The zero-order chi connectivity index (χ0) is 16.4. The lowest BCUT2D eigenvalue weighted by Gasteiger charge is -2.12. The summed E-state index contributed by atoms with van der Waals surface area (Å²) in [6, 6.07) is 11.7. The Labute approximate surface area is 133 Å². The Morgan fingerprint density at radius 2 is 1.91 bits per heavy atom. The molecule has 5 nitrogen and oxygen atoms in total. The van der Waals surface area contributed by atoms with E-state index in [0.29, 0.717) is 28.4 Å². The first kappa shape index (κ1) is 15.2. The summed E-state index contributed by atoms with van der Waals surface area (Å²) in [4.78, 5) is 0. The van der Waals surface area contributed by atoms with E-state index in [2.05, 4.69) is 10.3 Å². The number of aryl methyl sites for hydroxylation is 1. The quantitative estimate of drug-likeness (QED) is 0.804. The smallest absolute Gasteiger partial charge is 0.144 e. The molecule has 23 heavy (non-hydrogen) atoms. The summed E-state index contributed by atoms with van der Waals surface area (Å²) in [5, 5.41) is 17.7. The van der Waals surface area contributed by atoms with Crippen LogP contribution in [-0.2, 0) is 6.61 Å². The van der Waals surface area contributed by atoms with E-state index >= 15 is 0 Å². The normalized spacial score (nSPS) is 10.8. The molecular formula is C17H16FN3O2. The second-order valence-electron chi connectivity index (χ2n) is 5.14. The number of rotatable bonds is 4. The minimum absolute atomic E-state index is 0.263.